The normalized spacial score (nSPS) is 14.2. The second kappa shape index (κ2) is 4.33. The summed E-state index contributed by atoms with van der Waals surface area (Å²) in [5, 5.41) is 0. The third-order valence-electron chi connectivity index (χ3n) is 1.41. The molecule has 0 radical (unpaired) electrons. The molecule has 0 bridgehead atoms. The molecule has 0 aromatic heterocycles. The maximum atomic E-state index is 11.4. The quantitative estimate of drug-likeness (QED) is 0.472. The van der Waals surface area contributed by atoms with Gasteiger partial charge >= 0.3 is 0 Å². The maximum Gasteiger partial charge on any atom is 0.270 e. The molecule has 66 valence electrons. The van der Waals surface area contributed by atoms with Gasteiger partial charge in [-0.2, -0.15) is 0 Å². The van der Waals surface area contributed by atoms with Gasteiger partial charge in [-0.1, -0.05) is 0 Å². The highest BCUT2D eigenvalue weighted by atomic mass is 16.1. The van der Waals surface area contributed by atoms with Crippen LogP contribution in [0.15, 0.2) is 35.1 Å². The van der Waals surface area contributed by atoms with Crippen LogP contribution in [0.5, 0.6) is 0 Å². The fraction of sp³-hybridized carbons (Fsp3) is 0.200. The van der Waals surface area contributed by atoms with Gasteiger partial charge in [-0.25, -0.2) is 4.99 Å². The van der Waals surface area contributed by atoms with E-state index < -0.39 is 0 Å². The number of hydrogen-bond donors (Lipinski definition) is 0. The highest BCUT2D eigenvalue weighted by Gasteiger charge is 2.13. The lowest BCUT2D eigenvalue weighted by molar-refractivity contribution is -0.111. The van der Waals surface area contributed by atoms with Crippen LogP contribution in [0, 0.1) is 6.08 Å². The minimum Gasteiger partial charge on any atom is -0.383 e. The Morgan fingerprint density at radius 1 is 1.62 bits per heavy atom. The second-order valence-corrected chi connectivity index (χ2v) is 2.82. The number of hydrogen-bond acceptors (Lipinski definition) is 3. The summed E-state index contributed by atoms with van der Waals surface area (Å²) in [6.07, 6.45) is 10.6. The topological polar surface area (TPSA) is 32.7 Å². The summed E-state index contributed by atoms with van der Waals surface area (Å²) in [6, 6.07) is 0. The van der Waals surface area contributed by atoms with Gasteiger partial charge in [0.2, 0.25) is 0 Å². The number of aliphatic imine (C=N–C) groups is 1. The van der Waals surface area contributed by atoms with Crippen molar-refractivity contribution in [2.45, 2.75) is 0 Å². The van der Waals surface area contributed by atoms with E-state index in [0.717, 1.165) is 0 Å². The molecule has 0 aromatic carbocycles. The molecule has 0 atom stereocenters. The lowest BCUT2D eigenvalue weighted by Gasteiger charge is -2.01. The van der Waals surface area contributed by atoms with Crippen LogP contribution in [0.2, 0.25) is 0 Å². The third-order valence-corrected chi connectivity index (χ3v) is 1.41. The van der Waals surface area contributed by atoms with Crippen molar-refractivity contribution in [2.24, 2.45) is 4.99 Å². The first-order valence-electron chi connectivity index (χ1n) is 3.90. The Balaban J connectivity index is 2.64. The minimum absolute atomic E-state index is 0.0574. The molecular weight excluding hydrogens is 164 g/mol. The van der Waals surface area contributed by atoms with Gasteiger partial charge in [0.15, 0.2) is 17.9 Å². The van der Waals surface area contributed by atoms with Gasteiger partial charge in [0.25, 0.3) is 5.78 Å². The molecule has 0 aromatic rings. The number of rotatable bonds is 3. The summed E-state index contributed by atoms with van der Waals surface area (Å²) >= 11 is 0. The van der Waals surface area contributed by atoms with Gasteiger partial charge in [-0.15, -0.1) is 0 Å². The maximum absolute atomic E-state index is 11.4. The number of carbonyl (C=O) groups excluding carboxylic acids is 1. The number of carbonyl (C=O) groups is 1. The van der Waals surface area contributed by atoms with Crippen LogP contribution in [0.4, 0.5) is 0 Å². The predicted octanol–water partition coefficient (Wildman–Crippen LogP) is 0.958. The van der Waals surface area contributed by atoms with Crippen molar-refractivity contribution in [2.75, 3.05) is 14.1 Å². The van der Waals surface area contributed by atoms with E-state index in [1.807, 2.05) is 14.1 Å². The van der Waals surface area contributed by atoms with Gasteiger partial charge < -0.3 is 4.90 Å². The standard InChI is InChI=1S/C10H11N2O/c1-12(2)7-5-10(13)9-4-3-6-11-8-9/h4-8H,1-2H3/q+1/b7-5+. The zero-order chi connectivity index (χ0) is 9.68. The molecule has 3 heteroatoms. The lowest BCUT2D eigenvalue weighted by atomic mass is 10.1. The van der Waals surface area contributed by atoms with E-state index in [1.54, 1.807) is 17.2 Å². The predicted molar refractivity (Wildman–Crippen MR) is 52.2 cm³/mol. The molecule has 0 fully saturated rings. The van der Waals surface area contributed by atoms with Gasteiger partial charge in [-0.05, 0) is 0 Å². The summed E-state index contributed by atoms with van der Waals surface area (Å²) in [6.45, 7) is 0. The van der Waals surface area contributed by atoms with E-state index in [4.69, 9.17) is 0 Å². The Hall–Kier alpha value is -1.73. The van der Waals surface area contributed by atoms with Crippen molar-refractivity contribution in [1.82, 2.24) is 4.90 Å². The van der Waals surface area contributed by atoms with Crippen LogP contribution in [0.25, 0.3) is 0 Å². The smallest absolute Gasteiger partial charge is 0.270 e. The molecule has 1 rings (SSSR count). The minimum atomic E-state index is -0.0574. The van der Waals surface area contributed by atoms with Crippen molar-refractivity contribution in [1.29, 1.82) is 0 Å². The molecule has 1 heterocycles. The molecule has 0 saturated carbocycles. The Bertz CT molecular complexity index is 309. The van der Waals surface area contributed by atoms with E-state index in [1.165, 1.54) is 18.5 Å². The summed E-state index contributed by atoms with van der Waals surface area (Å²) in [5.41, 5.74) is 0.556. The van der Waals surface area contributed by atoms with E-state index in [9.17, 15) is 4.79 Å². The Morgan fingerprint density at radius 3 is 2.92 bits per heavy atom. The molecule has 0 unspecified atom stereocenters. The van der Waals surface area contributed by atoms with Crippen molar-refractivity contribution >= 4 is 12.0 Å². The summed E-state index contributed by atoms with van der Waals surface area (Å²) in [5.74, 6) is -0.0574. The molecule has 0 amide bonds. The molecule has 13 heavy (non-hydrogen) atoms. The fourth-order valence-electron chi connectivity index (χ4n) is 0.773. The van der Waals surface area contributed by atoms with Crippen molar-refractivity contribution in [3.8, 4) is 0 Å². The Labute approximate surface area is 77.8 Å². The number of nitrogens with zero attached hydrogens (tertiary/aromatic N) is 2. The van der Waals surface area contributed by atoms with Gasteiger partial charge in [0.1, 0.15) is 12.3 Å². The van der Waals surface area contributed by atoms with E-state index in [2.05, 4.69) is 11.1 Å². The van der Waals surface area contributed by atoms with Crippen LogP contribution in [0.3, 0.4) is 0 Å². The zero-order valence-corrected chi connectivity index (χ0v) is 7.69. The van der Waals surface area contributed by atoms with Crippen LogP contribution in [-0.2, 0) is 4.79 Å². The molecule has 3 nitrogen and oxygen atoms in total. The molecule has 1 aliphatic heterocycles. The van der Waals surface area contributed by atoms with Crippen LogP contribution in [0.1, 0.15) is 0 Å². The average Bonchev–Trinajstić information content (AvgIpc) is 2.15. The molecule has 0 spiro atoms. The van der Waals surface area contributed by atoms with E-state index in [-0.39, 0.29) is 5.78 Å². The van der Waals surface area contributed by atoms with Crippen molar-refractivity contribution < 1.29 is 4.79 Å². The molecule has 0 N–H and O–H groups in total. The van der Waals surface area contributed by atoms with E-state index in [0.29, 0.717) is 5.57 Å². The van der Waals surface area contributed by atoms with Crippen LogP contribution < -0.4 is 0 Å². The molecule has 1 aliphatic rings. The summed E-state index contributed by atoms with van der Waals surface area (Å²) < 4.78 is 0. The zero-order valence-electron chi connectivity index (χ0n) is 7.69. The largest absolute Gasteiger partial charge is 0.383 e. The van der Waals surface area contributed by atoms with Crippen LogP contribution in [-0.4, -0.2) is 31.0 Å². The lowest BCUT2D eigenvalue weighted by Crippen LogP contribution is -2.04. The Morgan fingerprint density at radius 2 is 2.38 bits per heavy atom. The van der Waals surface area contributed by atoms with Crippen molar-refractivity contribution in [3.05, 3.63) is 36.2 Å². The van der Waals surface area contributed by atoms with Crippen molar-refractivity contribution in [3.63, 3.8) is 0 Å². The molecular formula is C10H11N2O+. The van der Waals surface area contributed by atoms with Gasteiger partial charge in [-0.3, -0.25) is 4.79 Å². The first kappa shape index (κ1) is 9.36. The third kappa shape index (κ3) is 3.01. The van der Waals surface area contributed by atoms with Gasteiger partial charge in [0.05, 0.1) is 0 Å². The number of allylic oxidation sites excluding steroid dienone is 4. The molecule has 0 saturated heterocycles. The Kier molecular flexibility index (Phi) is 3.12. The van der Waals surface area contributed by atoms with Gasteiger partial charge in [0, 0.05) is 26.4 Å². The average molecular weight is 175 g/mol. The monoisotopic (exact) mass is 175 g/mol. The van der Waals surface area contributed by atoms with Crippen LogP contribution >= 0.6 is 0 Å². The SMILES string of the molecule is CN(C)/C=C/C(=O)C1=CN=C[C+]=C1. The summed E-state index contributed by atoms with van der Waals surface area (Å²) in [4.78, 5) is 17.0. The highest BCUT2D eigenvalue weighted by Crippen LogP contribution is 2.03. The first-order valence-corrected chi connectivity index (χ1v) is 3.90. The van der Waals surface area contributed by atoms with E-state index >= 15 is 0 Å². The summed E-state index contributed by atoms with van der Waals surface area (Å²) in [7, 11) is 3.72. The first-order chi connectivity index (χ1) is 6.20. The highest BCUT2D eigenvalue weighted by molar-refractivity contribution is 6.06. The molecule has 0 aliphatic carbocycles. The fourth-order valence-corrected chi connectivity index (χ4v) is 0.773. The second-order valence-electron chi connectivity index (χ2n) is 2.82. The number of ketones is 1.